The molecule has 0 unspecified atom stereocenters. The number of carbonyl (C=O) groups is 1. The van der Waals surface area contributed by atoms with Gasteiger partial charge in [0.1, 0.15) is 0 Å². The van der Waals surface area contributed by atoms with Crippen molar-refractivity contribution in [3.05, 3.63) is 30.1 Å². The van der Waals surface area contributed by atoms with Crippen molar-refractivity contribution in [3.63, 3.8) is 0 Å². The smallest absolute Gasteiger partial charge is 0.216 e. The number of hydrogen-bond donors (Lipinski definition) is 2. The number of pyridine rings is 1. The van der Waals surface area contributed by atoms with Crippen LogP contribution in [0.3, 0.4) is 0 Å². The van der Waals surface area contributed by atoms with Crippen LogP contribution in [0, 0.1) is 0 Å². The normalized spacial score (nSPS) is 12.1. The van der Waals surface area contributed by atoms with E-state index in [1.807, 2.05) is 18.2 Å². The number of hydrogen-bond acceptors (Lipinski definition) is 3. The number of amides is 1. The summed E-state index contributed by atoms with van der Waals surface area (Å²) >= 11 is 0. The lowest BCUT2D eigenvalue weighted by atomic mass is 10.2. The number of carbonyl (C=O) groups excluding carboxylic acids is 1. The first kappa shape index (κ1) is 11.7. The molecule has 0 aromatic carbocycles. The second-order valence-electron chi connectivity index (χ2n) is 3.41. The van der Waals surface area contributed by atoms with Gasteiger partial charge in [0, 0.05) is 32.3 Å². The van der Waals surface area contributed by atoms with E-state index in [-0.39, 0.29) is 11.9 Å². The zero-order valence-electron chi connectivity index (χ0n) is 9.16. The maximum Gasteiger partial charge on any atom is 0.216 e. The molecule has 1 aromatic rings. The Kier molecular flexibility index (Phi) is 4.77. The van der Waals surface area contributed by atoms with Gasteiger partial charge in [0.2, 0.25) is 5.91 Å². The second-order valence-corrected chi connectivity index (χ2v) is 3.41. The van der Waals surface area contributed by atoms with E-state index in [0.717, 1.165) is 12.2 Å². The zero-order valence-corrected chi connectivity index (χ0v) is 9.16. The van der Waals surface area contributed by atoms with E-state index < -0.39 is 0 Å². The fourth-order valence-corrected chi connectivity index (χ4v) is 1.26. The summed E-state index contributed by atoms with van der Waals surface area (Å²) in [5.41, 5.74) is 1.01. The van der Waals surface area contributed by atoms with E-state index in [9.17, 15) is 4.79 Å². The molecule has 4 nitrogen and oxygen atoms in total. The Morgan fingerprint density at radius 1 is 1.47 bits per heavy atom. The molecular weight excluding hydrogens is 190 g/mol. The fourth-order valence-electron chi connectivity index (χ4n) is 1.26. The lowest BCUT2D eigenvalue weighted by Crippen LogP contribution is -2.31. The first-order valence-electron chi connectivity index (χ1n) is 5.09. The molecule has 15 heavy (non-hydrogen) atoms. The summed E-state index contributed by atoms with van der Waals surface area (Å²) in [5.74, 6) is 0.00212. The molecule has 4 heteroatoms. The highest BCUT2D eigenvalue weighted by Gasteiger charge is 2.03. The molecule has 1 heterocycles. The minimum atomic E-state index is 0.00212. The van der Waals surface area contributed by atoms with Crippen LogP contribution in [0.15, 0.2) is 24.4 Å². The molecule has 0 aliphatic carbocycles. The van der Waals surface area contributed by atoms with E-state index in [4.69, 9.17) is 0 Å². The topological polar surface area (TPSA) is 54.0 Å². The van der Waals surface area contributed by atoms with Gasteiger partial charge in [-0.3, -0.25) is 9.78 Å². The Bertz CT molecular complexity index is 300. The number of nitrogens with zero attached hydrogens (tertiary/aromatic N) is 1. The molecule has 0 radical (unpaired) electrons. The molecule has 82 valence electrons. The molecule has 0 spiro atoms. The average Bonchev–Trinajstić information content (AvgIpc) is 2.25. The SMILES string of the molecule is CC(=O)NCCN[C@H](C)c1ccccn1. The van der Waals surface area contributed by atoms with Crippen molar-refractivity contribution in [2.24, 2.45) is 0 Å². The van der Waals surface area contributed by atoms with Crippen molar-refractivity contribution in [1.29, 1.82) is 0 Å². The monoisotopic (exact) mass is 207 g/mol. The van der Waals surface area contributed by atoms with Gasteiger partial charge in [0.25, 0.3) is 0 Å². The van der Waals surface area contributed by atoms with Crippen LogP contribution in [0.2, 0.25) is 0 Å². The number of nitrogens with one attached hydrogen (secondary N) is 2. The molecular formula is C11H17N3O. The summed E-state index contributed by atoms with van der Waals surface area (Å²) in [5, 5.41) is 6.01. The maximum atomic E-state index is 10.6. The van der Waals surface area contributed by atoms with Crippen LogP contribution in [0.1, 0.15) is 25.6 Å². The molecule has 0 saturated carbocycles. The van der Waals surface area contributed by atoms with Gasteiger partial charge < -0.3 is 10.6 Å². The minimum Gasteiger partial charge on any atom is -0.355 e. The fraction of sp³-hybridized carbons (Fsp3) is 0.455. The Morgan fingerprint density at radius 2 is 2.27 bits per heavy atom. The Labute approximate surface area is 90.1 Å². The molecule has 2 N–H and O–H groups in total. The third-order valence-corrected chi connectivity index (χ3v) is 2.08. The van der Waals surface area contributed by atoms with Gasteiger partial charge in [-0.1, -0.05) is 6.07 Å². The van der Waals surface area contributed by atoms with Crippen molar-refractivity contribution in [2.75, 3.05) is 13.1 Å². The molecule has 0 fully saturated rings. The zero-order chi connectivity index (χ0) is 11.1. The van der Waals surface area contributed by atoms with Crippen LogP contribution >= 0.6 is 0 Å². The lowest BCUT2D eigenvalue weighted by molar-refractivity contribution is -0.118. The summed E-state index contributed by atoms with van der Waals surface area (Å²) in [4.78, 5) is 14.8. The minimum absolute atomic E-state index is 0.00212. The van der Waals surface area contributed by atoms with Gasteiger partial charge in [0.05, 0.1) is 5.69 Å². The van der Waals surface area contributed by atoms with Crippen molar-refractivity contribution in [2.45, 2.75) is 19.9 Å². The molecule has 1 amide bonds. The summed E-state index contributed by atoms with van der Waals surface area (Å²) in [6, 6.07) is 6.05. The average molecular weight is 207 g/mol. The number of rotatable bonds is 5. The highest BCUT2D eigenvalue weighted by molar-refractivity contribution is 5.72. The summed E-state index contributed by atoms with van der Waals surface area (Å²) in [6.45, 7) is 4.96. The van der Waals surface area contributed by atoms with Gasteiger partial charge in [-0.25, -0.2) is 0 Å². The molecule has 1 rings (SSSR count). The molecule has 0 bridgehead atoms. The van der Waals surface area contributed by atoms with Crippen LogP contribution in [-0.4, -0.2) is 24.0 Å². The molecule has 1 aromatic heterocycles. The number of aromatic nitrogens is 1. The summed E-state index contributed by atoms with van der Waals surface area (Å²) in [7, 11) is 0. The van der Waals surface area contributed by atoms with E-state index >= 15 is 0 Å². The van der Waals surface area contributed by atoms with Gasteiger partial charge in [0.15, 0.2) is 0 Å². The lowest BCUT2D eigenvalue weighted by Gasteiger charge is -2.12. The van der Waals surface area contributed by atoms with Crippen LogP contribution in [-0.2, 0) is 4.79 Å². The highest BCUT2D eigenvalue weighted by atomic mass is 16.1. The van der Waals surface area contributed by atoms with Crippen molar-refractivity contribution >= 4 is 5.91 Å². The molecule has 0 aliphatic heterocycles. The second kappa shape index (κ2) is 6.14. The predicted molar refractivity (Wildman–Crippen MR) is 59.3 cm³/mol. The van der Waals surface area contributed by atoms with E-state index in [2.05, 4.69) is 22.5 Å². The first-order valence-corrected chi connectivity index (χ1v) is 5.09. The molecule has 0 saturated heterocycles. The van der Waals surface area contributed by atoms with Crippen molar-refractivity contribution in [1.82, 2.24) is 15.6 Å². The Balaban J connectivity index is 2.25. The van der Waals surface area contributed by atoms with E-state index in [1.54, 1.807) is 6.20 Å². The highest BCUT2D eigenvalue weighted by Crippen LogP contribution is 2.06. The van der Waals surface area contributed by atoms with Crippen molar-refractivity contribution < 1.29 is 4.79 Å². The van der Waals surface area contributed by atoms with Crippen LogP contribution < -0.4 is 10.6 Å². The largest absolute Gasteiger partial charge is 0.355 e. The maximum absolute atomic E-state index is 10.6. The van der Waals surface area contributed by atoms with E-state index in [0.29, 0.717) is 6.54 Å². The molecule has 1 atom stereocenters. The van der Waals surface area contributed by atoms with Gasteiger partial charge in [-0.15, -0.1) is 0 Å². The standard InChI is InChI=1S/C11H17N3O/c1-9(11-5-3-4-6-14-11)12-7-8-13-10(2)15/h3-6,9,12H,7-8H2,1-2H3,(H,13,15)/t9-/m1/s1. The summed E-state index contributed by atoms with van der Waals surface area (Å²) < 4.78 is 0. The Hall–Kier alpha value is -1.42. The third-order valence-electron chi connectivity index (χ3n) is 2.08. The van der Waals surface area contributed by atoms with Gasteiger partial charge >= 0.3 is 0 Å². The van der Waals surface area contributed by atoms with E-state index in [1.165, 1.54) is 6.92 Å². The van der Waals surface area contributed by atoms with Gasteiger partial charge in [-0.2, -0.15) is 0 Å². The quantitative estimate of drug-likeness (QED) is 0.704. The van der Waals surface area contributed by atoms with Gasteiger partial charge in [-0.05, 0) is 19.1 Å². The van der Waals surface area contributed by atoms with Crippen LogP contribution in [0.4, 0.5) is 0 Å². The summed E-state index contributed by atoms with van der Waals surface area (Å²) in [6.07, 6.45) is 1.78. The van der Waals surface area contributed by atoms with Crippen LogP contribution in [0.25, 0.3) is 0 Å². The van der Waals surface area contributed by atoms with Crippen molar-refractivity contribution in [3.8, 4) is 0 Å². The Morgan fingerprint density at radius 3 is 2.87 bits per heavy atom. The predicted octanol–water partition coefficient (Wildman–Crippen LogP) is 0.868. The molecule has 0 aliphatic rings. The first-order chi connectivity index (χ1) is 7.20. The van der Waals surface area contributed by atoms with Crippen LogP contribution in [0.5, 0.6) is 0 Å². The third kappa shape index (κ3) is 4.56.